The Kier molecular flexibility index (Phi) is 8.26. The predicted octanol–water partition coefficient (Wildman–Crippen LogP) is 0.160. The van der Waals surface area contributed by atoms with E-state index in [0.717, 1.165) is 0 Å². The Balaban J connectivity index is 4.14. The van der Waals surface area contributed by atoms with Crippen molar-refractivity contribution in [2.45, 2.75) is 38.8 Å². The first-order valence-corrected chi connectivity index (χ1v) is 6.40. The largest absolute Gasteiger partial charge is 0.395 e. The zero-order valence-corrected chi connectivity index (χ0v) is 12.0. The highest BCUT2D eigenvalue weighted by Gasteiger charge is 2.20. The van der Waals surface area contributed by atoms with Crippen molar-refractivity contribution in [3.05, 3.63) is 0 Å². The first-order valence-electron chi connectivity index (χ1n) is 6.40. The number of azo groups is 1. The Morgan fingerprint density at radius 2 is 1.11 bits per heavy atom. The first-order chi connectivity index (χ1) is 8.33. The van der Waals surface area contributed by atoms with Gasteiger partial charge in [-0.3, -0.25) is 0 Å². The van der Waals surface area contributed by atoms with Crippen molar-refractivity contribution >= 4 is 0 Å². The summed E-state index contributed by atoms with van der Waals surface area (Å²) in [5.74, 6) is 0. The normalized spacial score (nSPS) is 13.4. The molecule has 0 aliphatic rings. The summed E-state index contributed by atoms with van der Waals surface area (Å²) in [4.78, 5) is 0. The van der Waals surface area contributed by atoms with Gasteiger partial charge in [-0.25, -0.2) is 0 Å². The molecule has 0 aliphatic carbocycles. The van der Waals surface area contributed by atoms with E-state index >= 15 is 0 Å². The number of aliphatic hydroxyl groups excluding tert-OH is 2. The molecule has 0 aliphatic heterocycles. The minimum atomic E-state index is -0.288. The van der Waals surface area contributed by atoms with Crippen LogP contribution in [0.15, 0.2) is 10.2 Å². The lowest BCUT2D eigenvalue weighted by atomic mass is 10.1. The van der Waals surface area contributed by atoms with Crippen LogP contribution < -0.4 is 10.6 Å². The Labute approximate surface area is 110 Å². The fourth-order valence-corrected chi connectivity index (χ4v) is 1.29. The molecule has 18 heavy (non-hydrogen) atoms. The molecule has 0 unspecified atom stereocenters. The van der Waals surface area contributed by atoms with Crippen molar-refractivity contribution in [2.24, 2.45) is 10.2 Å². The van der Waals surface area contributed by atoms with Crippen LogP contribution >= 0.6 is 0 Å². The van der Waals surface area contributed by atoms with Crippen molar-refractivity contribution in [1.29, 1.82) is 0 Å². The van der Waals surface area contributed by atoms with Crippen LogP contribution in [0.5, 0.6) is 0 Å². The fraction of sp³-hybridized carbons (Fsp3) is 1.00. The SMILES string of the molecule is CC(C)(CNCCO)N=NC(C)(C)CNCCO. The zero-order valence-electron chi connectivity index (χ0n) is 12.0. The molecule has 0 saturated carbocycles. The van der Waals surface area contributed by atoms with Gasteiger partial charge in [0.1, 0.15) is 0 Å². The Hall–Kier alpha value is -0.560. The van der Waals surface area contributed by atoms with E-state index in [1.54, 1.807) is 0 Å². The van der Waals surface area contributed by atoms with E-state index < -0.39 is 0 Å². The molecule has 0 spiro atoms. The van der Waals surface area contributed by atoms with Gasteiger partial charge in [-0.15, -0.1) is 0 Å². The van der Waals surface area contributed by atoms with Crippen molar-refractivity contribution < 1.29 is 10.2 Å². The van der Waals surface area contributed by atoms with Crippen LogP contribution in [0.1, 0.15) is 27.7 Å². The molecule has 6 nitrogen and oxygen atoms in total. The van der Waals surface area contributed by atoms with Gasteiger partial charge in [0, 0.05) is 26.2 Å². The molecule has 4 N–H and O–H groups in total. The van der Waals surface area contributed by atoms with E-state index in [1.165, 1.54) is 0 Å². The van der Waals surface area contributed by atoms with E-state index in [-0.39, 0.29) is 24.3 Å². The second-order valence-electron chi connectivity index (χ2n) is 5.63. The molecule has 0 heterocycles. The number of rotatable bonds is 10. The van der Waals surface area contributed by atoms with E-state index in [1.807, 2.05) is 27.7 Å². The third-order valence-electron chi connectivity index (χ3n) is 2.28. The summed E-state index contributed by atoms with van der Waals surface area (Å²) < 4.78 is 0. The maximum atomic E-state index is 8.70. The third-order valence-corrected chi connectivity index (χ3v) is 2.28. The molecule has 0 rings (SSSR count). The van der Waals surface area contributed by atoms with E-state index in [2.05, 4.69) is 20.9 Å². The lowest BCUT2D eigenvalue weighted by Crippen LogP contribution is -2.37. The first kappa shape index (κ1) is 17.4. The Bertz CT molecular complexity index is 218. The maximum absolute atomic E-state index is 8.70. The number of aliphatic hydroxyl groups is 2. The van der Waals surface area contributed by atoms with Gasteiger partial charge < -0.3 is 20.8 Å². The molecule has 6 heteroatoms. The molecular weight excluding hydrogens is 232 g/mol. The maximum Gasteiger partial charge on any atom is 0.0883 e. The average molecular weight is 260 g/mol. The summed E-state index contributed by atoms with van der Waals surface area (Å²) >= 11 is 0. The molecule has 0 radical (unpaired) electrons. The van der Waals surface area contributed by atoms with Crippen LogP contribution in [-0.2, 0) is 0 Å². The molecule has 0 aromatic heterocycles. The number of hydrogen-bond acceptors (Lipinski definition) is 6. The van der Waals surface area contributed by atoms with E-state index in [0.29, 0.717) is 26.2 Å². The van der Waals surface area contributed by atoms with Gasteiger partial charge >= 0.3 is 0 Å². The van der Waals surface area contributed by atoms with Gasteiger partial charge in [0.05, 0.1) is 24.3 Å². The summed E-state index contributed by atoms with van der Waals surface area (Å²) in [6.07, 6.45) is 0. The van der Waals surface area contributed by atoms with Crippen molar-refractivity contribution in [3.8, 4) is 0 Å². The summed E-state index contributed by atoms with van der Waals surface area (Å²) in [5, 5.41) is 32.3. The van der Waals surface area contributed by atoms with Crippen molar-refractivity contribution in [1.82, 2.24) is 10.6 Å². The van der Waals surface area contributed by atoms with Crippen molar-refractivity contribution in [3.63, 3.8) is 0 Å². The number of nitrogens with zero attached hydrogens (tertiary/aromatic N) is 2. The molecular formula is C12H28N4O2. The van der Waals surface area contributed by atoms with E-state index in [4.69, 9.17) is 10.2 Å². The minimum absolute atomic E-state index is 0.129. The van der Waals surface area contributed by atoms with Crippen LogP contribution in [0.2, 0.25) is 0 Å². The third kappa shape index (κ3) is 9.47. The quantitative estimate of drug-likeness (QED) is 0.333. The molecule has 0 aromatic rings. The van der Waals surface area contributed by atoms with Crippen LogP contribution in [0.3, 0.4) is 0 Å². The number of nitrogens with one attached hydrogen (secondary N) is 2. The molecule has 0 atom stereocenters. The predicted molar refractivity (Wildman–Crippen MR) is 72.9 cm³/mol. The van der Waals surface area contributed by atoms with Crippen LogP contribution in [0.25, 0.3) is 0 Å². The molecule has 0 bridgehead atoms. The van der Waals surface area contributed by atoms with Crippen LogP contribution in [0.4, 0.5) is 0 Å². The van der Waals surface area contributed by atoms with Gasteiger partial charge in [0.2, 0.25) is 0 Å². The molecule has 0 aromatic carbocycles. The minimum Gasteiger partial charge on any atom is -0.395 e. The van der Waals surface area contributed by atoms with Gasteiger partial charge in [-0.1, -0.05) is 0 Å². The fourth-order valence-electron chi connectivity index (χ4n) is 1.29. The van der Waals surface area contributed by atoms with Crippen molar-refractivity contribution in [2.75, 3.05) is 39.4 Å². The summed E-state index contributed by atoms with van der Waals surface area (Å²) in [6, 6.07) is 0. The smallest absolute Gasteiger partial charge is 0.0883 e. The molecule has 0 amide bonds. The average Bonchev–Trinajstić information content (AvgIpc) is 2.27. The van der Waals surface area contributed by atoms with Gasteiger partial charge in [0.25, 0.3) is 0 Å². The molecule has 0 fully saturated rings. The van der Waals surface area contributed by atoms with Crippen LogP contribution in [-0.4, -0.2) is 60.7 Å². The van der Waals surface area contributed by atoms with E-state index in [9.17, 15) is 0 Å². The molecule has 108 valence electrons. The molecule has 0 saturated heterocycles. The van der Waals surface area contributed by atoms with Gasteiger partial charge in [0.15, 0.2) is 0 Å². The zero-order chi connectivity index (χ0) is 14.1. The second kappa shape index (κ2) is 8.53. The summed E-state index contributed by atoms with van der Waals surface area (Å²) in [7, 11) is 0. The monoisotopic (exact) mass is 260 g/mol. The lowest BCUT2D eigenvalue weighted by Gasteiger charge is -2.23. The summed E-state index contributed by atoms with van der Waals surface area (Å²) in [5.41, 5.74) is -0.577. The van der Waals surface area contributed by atoms with Crippen LogP contribution in [0, 0.1) is 0 Å². The Morgan fingerprint density at radius 1 is 0.778 bits per heavy atom. The highest BCUT2D eigenvalue weighted by molar-refractivity contribution is 4.83. The second-order valence-corrected chi connectivity index (χ2v) is 5.63. The number of hydrogen-bond donors (Lipinski definition) is 4. The standard InChI is InChI=1S/C12H28N4O2/c1-11(2,9-13-5-7-17)15-16-12(3,4)10-14-6-8-18/h13-14,17-18H,5-10H2,1-4H3. The Morgan fingerprint density at radius 3 is 1.39 bits per heavy atom. The highest BCUT2D eigenvalue weighted by atomic mass is 16.3. The highest BCUT2D eigenvalue weighted by Crippen LogP contribution is 2.14. The van der Waals surface area contributed by atoms with Gasteiger partial charge in [-0.2, -0.15) is 10.2 Å². The summed E-state index contributed by atoms with van der Waals surface area (Å²) in [6.45, 7) is 10.7. The topological polar surface area (TPSA) is 89.2 Å². The lowest BCUT2D eigenvalue weighted by molar-refractivity contribution is 0.281. The van der Waals surface area contributed by atoms with Gasteiger partial charge in [-0.05, 0) is 27.7 Å².